The third kappa shape index (κ3) is 2.93. The minimum absolute atomic E-state index is 0.402. The van der Waals surface area contributed by atoms with Crippen LogP contribution < -0.4 is 11.3 Å². The Morgan fingerprint density at radius 3 is 2.33 bits per heavy atom. The SMILES string of the molecule is Cc1cc(C(F)(F)F)ccc1C(NN)c1cnn(C)c1C. The first-order valence-corrected chi connectivity index (χ1v) is 6.38. The van der Waals surface area contributed by atoms with Crippen molar-refractivity contribution in [3.8, 4) is 0 Å². The number of alkyl halides is 3. The van der Waals surface area contributed by atoms with Crippen molar-refractivity contribution >= 4 is 0 Å². The maximum atomic E-state index is 12.7. The monoisotopic (exact) mass is 298 g/mol. The van der Waals surface area contributed by atoms with Crippen LogP contribution in [-0.2, 0) is 13.2 Å². The Morgan fingerprint density at radius 2 is 1.90 bits per heavy atom. The second kappa shape index (κ2) is 5.50. The first-order chi connectivity index (χ1) is 9.75. The molecule has 0 aliphatic carbocycles. The Bertz CT molecular complexity index is 646. The van der Waals surface area contributed by atoms with Crippen LogP contribution in [0.3, 0.4) is 0 Å². The van der Waals surface area contributed by atoms with Crippen molar-refractivity contribution in [2.24, 2.45) is 12.9 Å². The van der Waals surface area contributed by atoms with Crippen LogP contribution in [0.15, 0.2) is 24.4 Å². The zero-order valence-electron chi connectivity index (χ0n) is 12.0. The fourth-order valence-corrected chi connectivity index (χ4v) is 2.32. The smallest absolute Gasteiger partial charge is 0.273 e. The van der Waals surface area contributed by atoms with E-state index in [0.717, 1.165) is 23.4 Å². The van der Waals surface area contributed by atoms with Crippen LogP contribution in [0.4, 0.5) is 13.2 Å². The van der Waals surface area contributed by atoms with Gasteiger partial charge < -0.3 is 0 Å². The van der Waals surface area contributed by atoms with Crippen LogP contribution in [0.1, 0.15) is 34.0 Å². The van der Waals surface area contributed by atoms with Crippen molar-refractivity contribution in [1.82, 2.24) is 15.2 Å². The lowest BCUT2D eigenvalue weighted by molar-refractivity contribution is -0.137. The number of hydrazine groups is 1. The van der Waals surface area contributed by atoms with Gasteiger partial charge in [0, 0.05) is 18.3 Å². The van der Waals surface area contributed by atoms with E-state index < -0.39 is 17.8 Å². The van der Waals surface area contributed by atoms with Gasteiger partial charge in [-0.15, -0.1) is 0 Å². The Kier molecular flexibility index (Phi) is 4.06. The van der Waals surface area contributed by atoms with E-state index in [-0.39, 0.29) is 0 Å². The van der Waals surface area contributed by atoms with Gasteiger partial charge in [0.15, 0.2) is 0 Å². The predicted octanol–water partition coefficient (Wildman–Crippen LogP) is 2.61. The highest BCUT2D eigenvalue weighted by molar-refractivity contribution is 5.40. The van der Waals surface area contributed by atoms with Gasteiger partial charge in [-0.2, -0.15) is 18.3 Å². The number of nitrogens with two attached hydrogens (primary N) is 1. The molecule has 0 amide bonds. The molecule has 1 atom stereocenters. The molecule has 1 aromatic carbocycles. The van der Waals surface area contributed by atoms with Crippen LogP contribution in [0.5, 0.6) is 0 Å². The first kappa shape index (κ1) is 15.5. The maximum Gasteiger partial charge on any atom is 0.416 e. The highest BCUT2D eigenvalue weighted by Gasteiger charge is 2.31. The van der Waals surface area contributed by atoms with E-state index in [1.165, 1.54) is 6.07 Å². The fraction of sp³-hybridized carbons (Fsp3) is 0.357. The van der Waals surface area contributed by atoms with Crippen LogP contribution in [0.2, 0.25) is 0 Å². The molecule has 0 saturated heterocycles. The number of rotatable bonds is 3. The standard InChI is InChI=1S/C14H17F3N4/c1-8-6-10(14(15,16)17)4-5-11(8)13(20-18)12-7-19-21(3)9(12)2/h4-7,13,20H,18H2,1-3H3. The van der Waals surface area contributed by atoms with E-state index in [4.69, 9.17) is 5.84 Å². The molecule has 2 rings (SSSR count). The van der Waals surface area contributed by atoms with Gasteiger partial charge in [0.05, 0.1) is 17.8 Å². The van der Waals surface area contributed by atoms with Crippen molar-refractivity contribution < 1.29 is 13.2 Å². The number of hydrogen-bond donors (Lipinski definition) is 2. The molecule has 3 N–H and O–H groups in total. The number of nitrogens with one attached hydrogen (secondary N) is 1. The fourth-order valence-electron chi connectivity index (χ4n) is 2.32. The van der Waals surface area contributed by atoms with Crippen molar-refractivity contribution in [1.29, 1.82) is 0 Å². The summed E-state index contributed by atoms with van der Waals surface area (Å²) >= 11 is 0. The Hall–Kier alpha value is -1.86. The second-order valence-corrected chi connectivity index (χ2v) is 4.98. The second-order valence-electron chi connectivity index (χ2n) is 4.98. The minimum atomic E-state index is -4.35. The van der Waals surface area contributed by atoms with Crippen molar-refractivity contribution in [2.75, 3.05) is 0 Å². The average molecular weight is 298 g/mol. The van der Waals surface area contributed by atoms with E-state index in [1.54, 1.807) is 24.9 Å². The number of halogens is 3. The molecule has 0 aliphatic heterocycles. The summed E-state index contributed by atoms with van der Waals surface area (Å²) in [6.45, 7) is 3.52. The molecule has 21 heavy (non-hydrogen) atoms. The van der Waals surface area contributed by atoms with Crippen molar-refractivity contribution in [2.45, 2.75) is 26.1 Å². The quantitative estimate of drug-likeness (QED) is 0.676. The minimum Gasteiger partial charge on any atom is -0.273 e. The van der Waals surface area contributed by atoms with Crippen LogP contribution in [0.25, 0.3) is 0 Å². The van der Waals surface area contributed by atoms with E-state index in [0.29, 0.717) is 11.1 Å². The zero-order valence-corrected chi connectivity index (χ0v) is 12.0. The predicted molar refractivity (Wildman–Crippen MR) is 73.3 cm³/mol. The molecule has 0 fully saturated rings. The Labute approximate surface area is 120 Å². The average Bonchev–Trinajstić information content (AvgIpc) is 2.72. The Balaban J connectivity index is 2.47. The zero-order chi connectivity index (χ0) is 15.8. The number of hydrogen-bond acceptors (Lipinski definition) is 3. The third-order valence-electron chi connectivity index (χ3n) is 3.66. The number of aromatic nitrogens is 2. The summed E-state index contributed by atoms with van der Waals surface area (Å²) in [4.78, 5) is 0. The number of nitrogens with zero attached hydrogens (tertiary/aromatic N) is 2. The van der Waals surface area contributed by atoms with E-state index in [1.807, 2.05) is 6.92 Å². The van der Waals surface area contributed by atoms with Crippen molar-refractivity contribution in [3.05, 3.63) is 52.3 Å². The maximum absolute atomic E-state index is 12.7. The molecule has 0 radical (unpaired) electrons. The van der Waals surface area contributed by atoms with Gasteiger partial charge in [-0.3, -0.25) is 10.5 Å². The number of aryl methyl sites for hydroxylation is 2. The van der Waals surface area contributed by atoms with Gasteiger partial charge in [0.25, 0.3) is 0 Å². The lowest BCUT2D eigenvalue weighted by Crippen LogP contribution is -2.29. The topological polar surface area (TPSA) is 55.9 Å². The summed E-state index contributed by atoms with van der Waals surface area (Å²) in [6.07, 6.45) is -2.68. The van der Waals surface area contributed by atoms with Crippen LogP contribution in [0, 0.1) is 13.8 Å². The third-order valence-corrected chi connectivity index (χ3v) is 3.66. The van der Waals surface area contributed by atoms with Gasteiger partial charge in [-0.1, -0.05) is 6.07 Å². The molecule has 1 aromatic heterocycles. The van der Waals surface area contributed by atoms with Gasteiger partial charge in [0.1, 0.15) is 0 Å². The summed E-state index contributed by atoms with van der Waals surface area (Å²) < 4.78 is 39.9. The highest BCUT2D eigenvalue weighted by Crippen LogP contribution is 2.33. The molecule has 0 aliphatic rings. The molecule has 0 bridgehead atoms. The lowest BCUT2D eigenvalue weighted by atomic mass is 9.94. The van der Waals surface area contributed by atoms with Gasteiger partial charge >= 0.3 is 6.18 Å². The first-order valence-electron chi connectivity index (χ1n) is 6.38. The van der Waals surface area contributed by atoms with Crippen LogP contribution >= 0.6 is 0 Å². The van der Waals surface area contributed by atoms with Crippen LogP contribution in [-0.4, -0.2) is 9.78 Å². The highest BCUT2D eigenvalue weighted by atomic mass is 19.4. The Morgan fingerprint density at radius 1 is 1.24 bits per heavy atom. The van der Waals surface area contributed by atoms with Gasteiger partial charge in [-0.05, 0) is 37.1 Å². The normalized spacial score (nSPS) is 13.5. The molecule has 7 heteroatoms. The molecular formula is C14H17F3N4. The molecular weight excluding hydrogens is 281 g/mol. The summed E-state index contributed by atoms with van der Waals surface area (Å²) in [5.74, 6) is 5.60. The summed E-state index contributed by atoms with van der Waals surface area (Å²) in [7, 11) is 1.80. The molecule has 114 valence electrons. The molecule has 1 unspecified atom stereocenters. The van der Waals surface area contributed by atoms with Crippen molar-refractivity contribution in [3.63, 3.8) is 0 Å². The van der Waals surface area contributed by atoms with Gasteiger partial charge in [0.2, 0.25) is 0 Å². The van der Waals surface area contributed by atoms with E-state index in [2.05, 4.69) is 10.5 Å². The van der Waals surface area contributed by atoms with E-state index in [9.17, 15) is 13.2 Å². The number of benzene rings is 1. The molecule has 1 heterocycles. The summed E-state index contributed by atoms with van der Waals surface area (Å²) in [5, 5.41) is 4.14. The van der Waals surface area contributed by atoms with Gasteiger partial charge in [-0.25, -0.2) is 5.43 Å². The lowest BCUT2D eigenvalue weighted by Gasteiger charge is -2.19. The van der Waals surface area contributed by atoms with E-state index >= 15 is 0 Å². The molecule has 2 aromatic rings. The molecule has 0 spiro atoms. The molecule has 0 saturated carbocycles. The summed E-state index contributed by atoms with van der Waals surface area (Å²) in [6, 6.07) is 3.25. The summed E-state index contributed by atoms with van der Waals surface area (Å²) in [5.41, 5.74) is 4.95. The molecule has 4 nitrogen and oxygen atoms in total. The largest absolute Gasteiger partial charge is 0.416 e.